The van der Waals surface area contributed by atoms with Crippen LogP contribution < -0.4 is 10.6 Å². The molecule has 0 aromatic carbocycles. The van der Waals surface area contributed by atoms with Gasteiger partial charge in [0.1, 0.15) is 5.66 Å². The third-order valence-electron chi connectivity index (χ3n) is 5.95. The second-order valence-corrected chi connectivity index (χ2v) is 7.47. The van der Waals surface area contributed by atoms with Gasteiger partial charge in [-0.15, -0.1) is 0 Å². The number of nitrogens with two attached hydrogens (primary N) is 1. The highest BCUT2D eigenvalue weighted by Crippen LogP contribution is 2.41. The summed E-state index contributed by atoms with van der Waals surface area (Å²) >= 11 is 0. The van der Waals surface area contributed by atoms with E-state index < -0.39 is 5.66 Å². The molecular weight excluding hydrogens is 302 g/mol. The molecule has 3 aliphatic rings. The lowest BCUT2D eigenvalue weighted by Gasteiger charge is -2.50. The molecule has 2 unspecified atom stereocenters. The van der Waals surface area contributed by atoms with Gasteiger partial charge in [0.05, 0.1) is 17.5 Å². The Morgan fingerprint density at radius 2 is 2.04 bits per heavy atom. The van der Waals surface area contributed by atoms with E-state index in [1.807, 2.05) is 17.0 Å². The molecule has 5 nitrogen and oxygen atoms in total. The van der Waals surface area contributed by atoms with Crippen LogP contribution in [0.3, 0.4) is 0 Å². The molecule has 0 spiro atoms. The van der Waals surface area contributed by atoms with Gasteiger partial charge >= 0.3 is 0 Å². The van der Waals surface area contributed by atoms with Crippen LogP contribution in [0.4, 0.5) is 5.69 Å². The van der Waals surface area contributed by atoms with Crippen molar-refractivity contribution in [1.29, 1.82) is 0 Å². The summed E-state index contributed by atoms with van der Waals surface area (Å²) in [5.74, 6) is 0.279. The minimum Gasteiger partial charge on any atom is -0.374 e. The van der Waals surface area contributed by atoms with Crippen LogP contribution in [0.15, 0.2) is 18.3 Å². The molecule has 24 heavy (non-hydrogen) atoms. The number of aryl methyl sites for hydroxylation is 1. The summed E-state index contributed by atoms with van der Waals surface area (Å²) in [6.45, 7) is 0.745. The van der Waals surface area contributed by atoms with Crippen LogP contribution in [0.25, 0.3) is 0 Å². The minimum absolute atomic E-state index is 0.0787. The predicted octanol–water partition coefficient (Wildman–Crippen LogP) is 2.78. The van der Waals surface area contributed by atoms with Crippen LogP contribution in [0.1, 0.15) is 57.1 Å². The third-order valence-corrected chi connectivity index (χ3v) is 5.95. The van der Waals surface area contributed by atoms with Crippen LogP contribution in [0.2, 0.25) is 0 Å². The lowest BCUT2D eigenvalue weighted by Crippen LogP contribution is -2.69. The summed E-state index contributed by atoms with van der Waals surface area (Å²) in [4.78, 5) is 19.8. The van der Waals surface area contributed by atoms with Crippen molar-refractivity contribution in [1.82, 2.24) is 4.98 Å². The first-order valence-electron chi connectivity index (χ1n) is 9.38. The van der Waals surface area contributed by atoms with Crippen LogP contribution in [-0.2, 0) is 16.0 Å². The Morgan fingerprint density at radius 1 is 1.25 bits per heavy atom. The zero-order chi connectivity index (χ0) is 16.6. The average Bonchev–Trinajstić information content (AvgIpc) is 3.17. The van der Waals surface area contributed by atoms with Gasteiger partial charge in [0.15, 0.2) is 0 Å². The molecule has 5 heteroatoms. The molecule has 2 fully saturated rings. The average molecular weight is 329 g/mol. The number of amides is 1. The number of carbonyl (C=O) groups excluding carboxylic acids is 1. The van der Waals surface area contributed by atoms with E-state index in [0.29, 0.717) is 0 Å². The van der Waals surface area contributed by atoms with Crippen molar-refractivity contribution in [2.45, 2.75) is 69.6 Å². The Bertz CT molecular complexity index is 608. The van der Waals surface area contributed by atoms with Gasteiger partial charge in [-0.25, -0.2) is 0 Å². The SMILES string of the molecule is NC1(C2CCCCO2)CCc2ncccc2N1C(=O)C1CCCC1. The van der Waals surface area contributed by atoms with Crippen LogP contribution in [0, 0.1) is 5.92 Å². The standard InChI is InChI=1S/C19H27N3O2/c20-19(17-9-3-4-13-24-17)11-10-15-16(8-5-12-21-15)22(19)18(23)14-6-1-2-7-14/h5,8,12,14,17H,1-4,6-7,9-11,13,20H2. The summed E-state index contributed by atoms with van der Waals surface area (Å²) < 4.78 is 6.04. The van der Waals surface area contributed by atoms with Crippen molar-refractivity contribution < 1.29 is 9.53 Å². The van der Waals surface area contributed by atoms with Gasteiger partial charge in [-0.1, -0.05) is 12.8 Å². The number of hydrogen-bond acceptors (Lipinski definition) is 4. The molecule has 0 bridgehead atoms. The molecule has 1 aromatic heterocycles. The smallest absolute Gasteiger partial charge is 0.231 e. The fourth-order valence-corrected chi connectivity index (χ4v) is 4.60. The van der Waals surface area contributed by atoms with Gasteiger partial charge in [0.2, 0.25) is 5.91 Å². The number of fused-ring (bicyclic) bond motifs is 1. The monoisotopic (exact) mass is 329 g/mol. The van der Waals surface area contributed by atoms with Gasteiger partial charge < -0.3 is 10.5 Å². The Balaban J connectivity index is 1.73. The summed E-state index contributed by atoms with van der Waals surface area (Å²) in [5, 5.41) is 0. The summed E-state index contributed by atoms with van der Waals surface area (Å²) in [6.07, 6.45) is 10.6. The van der Waals surface area contributed by atoms with Crippen molar-refractivity contribution in [3.63, 3.8) is 0 Å². The van der Waals surface area contributed by atoms with Gasteiger partial charge in [-0.3, -0.25) is 14.7 Å². The first-order valence-corrected chi connectivity index (χ1v) is 9.38. The first kappa shape index (κ1) is 16.0. The second-order valence-electron chi connectivity index (χ2n) is 7.47. The fourth-order valence-electron chi connectivity index (χ4n) is 4.60. The number of anilines is 1. The van der Waals surface area contributed by atoms with E-state index in [4.69, 9.17) is 10.5 Å². The molecule has 3 heterocycles. The summed E-state index contributed by atoms with van der Waals surface area (Å²) in [7, 11) is 0. The van der Waals surface area contributed by atoms with Crippen molar-refractivity contribution in [2.75, 3.05) is 11.5 Å². The molecule has 2 atom stereocenters. The van der Waals surface area contributed by atoms with Crippen LogP contribution >= 0.6 is 0 Å². The topological polar surface area (TPSA) is 68.5 Å². The van der Waals surface area contributed by atoms with E-state index in [2.05, 4.69) is 4.98 Å². The van der Waals surface area contributed by atoms with Crippen molar-refractivity contribution in [3.8, 4) is 0 Å². The van der Waals surface area contributed by atoms with E-state index in [9.17, 15) is 4.79 Å². The lowest BCUT2D eigenvalue weighted by atomic mass is 9.84. The van der Waals surface area contributed by atoms with E-state index in [-0.39, 0.29) is 17.9 Å². The maximum atomic E-state index is 13.4. The van der Waals surface area contributed by atoms with E-state index >= 15 is 0 Å². The Labute approximate surface area is 143 Å². The maximum absolute atomic E-state index is 13.4. The first-order chi connectivity index (χ1) is 11.7. The molecule has 1 amide bonds. The number of pyridine rings is 1. The highest BCUT2D eigenvalue weighted by Gasteiger charge is 2.49. The van der Waals surface area contributed by atoms with Gasteiger partial charge in [0.25, 0.3) is 0 Å². The molecule has 1 saturated heterocycles. The summed E-state index contributed by atoms with van der Waals surface area (Å²) in [6, 6.07) is 3.90. The highest BCUT2D eigenvalue weighted by molar-refractivity contribution is 5.97. The zero-order valence-electron chi connectivity index (χ0n) is 14.2. The third kappa shape index (κ3) is 2.64. The number of hydrogen-bond donors (Lipinski definition) is 1. The van der Waals surface area contributed by atoms with E-state index in [1.54, 1.807) is 6.20 Å². The lowest BCUT2D eigenvalue weighted by molar-refractivity contribution is -0.126. The van der Waals surface area contributed by atoms with Crippen molar-refractivity contribution in [3.05, 3.63) is 24.0 Å². The van der Waals surface area contributed by atoms with Crippen molar-refractivity contribution in [2.24, 2.45) is 11.7 Å². The van der Waals surface area contributed by atoms with Crippen LogP contribution in [0.5, 0.6) is 0 Å². The largest absolute Gasteiger partial charge is 0.374 e. The molecule has 0 radical (unpaired) electrons. The van der Waals surface area contributed by atoms with E-state index in [0.717, 1.165) is 75.8 Å². The molecule has 2 N–H and O–H groups in total. The molecule has 2 aliphatic heterocycles. The Hall–Kier alpha value is -1.46. The Morgan fingerprint density at radius 3 is 2.79 bits per heavy atom. The van der Waals surface area contributed by atoms with Crippen LogP contribution in [-0.4, -0.2) is 29.3 Å². The molecule has 130 valence electrons. The van der Waals surface area contributed by atoms with Crippen molar-refractivity contribution >= 4 is 11.6 Å². The number of rotatable bonds is 2. The van der Waals surface area contributed by atoms with Gasteiger partial charge in [-0.05, 0) is 57.1 Å². The molecular formula is C19H27N3O2. The number of aromatic nitrogens is 1. The van der Waals surface area contributed by atoms with Gasteiger partial charge in [0, 0.05) is 18.7 Å². The van der Waals surface area contributed by atoms with E-state index in [1.165, 1.54) is 0 Å². The maximum Gasteiger partial charge on any atom is 0.231 e. The van der Waals surface area contributed by atoms with Gasteiger partial charge in [-0.2, -0.15) is 0 Å². The molecule has 1 aromatic rings. The minimum atomic E-state index is -0.740. The number of ether oxygens (including phenoxy) is 1. The molecule has 1 saturated carbocycles. The predicted molar refractivity (Wildman–Crippen MR) is 92.5 cm³/mol. The zero-order valence-corrected chi connectivity index (χ0v) is 14.2. The summed E-state index contributed by atoms with van der Waals surface area (Å²) in [5.41, 5.74) is 8.06. The number of nitrogens with zero attached hydrogens (tertiary/aromatic N) is 2. The molecule has 4 rings (SSSR count). The highest BCUT2D eigenvalue weighted by atomic mass is 16.5. The number of carbonyl (C=O) groups is 1. The second kappa shape index (κ2) is 6.45. The Kier molecular flexibility index (Phi) is 4.31. The fraction of sp³-hybridized carbons (Fsp3) is 0.684. The normalized spacial score (nSPS) is 31.0. The molecule has 1 aliphatic carbocycles. The quantitative estimate of drug-likeness (QED) is 0.906.